The molecule has 0 aromatic heterocycles. The van der Waals surface area contributed by atoms with Crippen molar-refractivity contribution in [3.63, 3.8) is 0 Å². The number of anilines is 1. The molecule has 0 fully saturated rings. The predicted molar refractivity (Wildman–Crippen MR) is 98.4 cm³/mol. The number of benzene rings is 2. The van der Waals surface area contributed by atoms with Crippen molar-refractivity contribution in [1.82, 2.24) is 0 Å². The summed E-state index contributed by atoms with van der Waals surface area (Å²) in [5.74, 6) is 0.00768. The number of hydrogen-bond donors (Lipinski definition) is 1. The third-order valence-corrected chi connectivity index (χ3v) is 4.54. The lowest BCUT2D eigenvalue weighted by Crippen LogP contribution is -2.22. The van der Waals surface area contributed by atoms with E-state index in [4.69, 9.17) is 16.3 Å². The van der Waals surface area contributed by atoms with Crippen LogP contribution in [-0.2, 0) is 20.1 Å². The standard InChI is InChI=1S/C18H18ClNO3S/c1-13-6-2-5-9-16(13)20-17(21)10-23-18(22)12-24-11-14-7-3-4-8-15(14)19/h2-9H,10-12H2,1H3,(H,20,21). The first kappa shape index (κ1) is 18.4. The molecule has 0 aliphatic heterocycles. The number of carbonyl (C=O) groups excluding carboxylic acids is 2. The van der Waals surface area contributed by atoms with Crippen LogP contribution in [-0.4, -0.2) is 24.2 Å². The minimum absolute atomic E-state index is 0.170. The normalized spacial score (nSPS) is 10.2. The zero-order valence-corrected chi connectivity index (χ0v) is 14.8. The van der Waals surface area contributed by atoms with Gasteiger partial charge in [-0.2, -0.15) is 0 Å². The Morgan fingerprint density at radius 3 is 2.58 bits per heavy atom. The van der Waals surface area contributed by atoms with Gasteiger partial charge in [-0.1, -0.05) is 48.0 Å². The van der Waals surface area contributed by atoms with Crippen molar-refractivity contribution >= 4 is 40.9 Å². The van der Waals surface area contributed by atoms with Gasteiger partial charge in [-0.15, -0.1) is 11.8 Å². The third kappa shape index (κ3) is 5.91. The van der Waals surface area contributed by atoms with Crippen LogP contribution in [0.4, 0.5) is 5.69 Å². The number of halogens is 1. The molecule has 0 radical (unpaired) electrons. The number of rotatable bonds is 7. The summed E-state index contributed by atoms with van der Waals surface area (Å²) < 4.78 is 4.98. The summed E-state index contributed by atoms with van der Waals surface area (Å²) in [5.41, 5.74) is 2.63. The van der Waals surface area contributed by atoms with Crippen LogP contribution >= 0.6 is 23.4 Å². The Hall–Kier alpha value is -1.98. The Morgan fingerprint density at radius 1 is 1.12 bits per heavy atom. The van der Waals surface area contributed by atoms with Crippen LogP contribution in [0.3, 0.4) is 0 Å². The van der Waals surface area contributed by atoms with E-state index in [1.807, 2.05) is 49.4 Å². The highest BCUT2D eigenvalue weighted by Gasteiger charge is 2.09. The Bertz CT molecular complexity index is 721. The van der Waals surface area contributed by atoms with Gasteiger partial charge in [0.05, 0.1) is 5.75 Å². The van der Waals surface area contributed by atoms with E-state index >= 15 is 0 Å². The molecular weight excluding hydrogens is 346 g/mol. The molecule has 0 aliphatic carbocycles. The van der Waals surface area contributed by atoms with Crippen LogP contribution in [0.5, 0.6) is 0 Å². The van der Waals surface area contributed by atoms with Crippen molar-refractivity contribution in [2.75, 3.05) is 17.7 Å². The van der Waals surface area contributed by atoms with Crippen molar-refractivity contribution in [2.45, 2.75) is 12.7 Å². The fourth-order valence-electron chi connectivity index (χ4n) is 1.95. The van der Waals surface area contributed by atoms with Crippen LogP contribution in [0.15, 0.2) is 48.5 Å². The Kier molecular flexibility index (Phi) is 7.15. The molecule has 0 unspecified atom stereocenters. The maximum absolute atomic E-state index is 11.8. The highest BCUT2D eigenvalue weighted by atomic mass is 35.5. The zero-order chi connectivity index (χ0) is 17.4. The quantitative estimate of drug-likeness (QED) is 0.753. The van der Waals surface area contributed by atoms with Crippen LogP contribution in [0, 0.1) is 6.92 Å². The number of thioether (sulfide) groups is 1. The number of para-hydroxylation sites is 1. The van der Waals surface area contributed by atoms with E-state index in [-0.39, 0.29) is 18.3 Å². The van der Waals surface area contributed by atoms with Gasteiger partial charge in [0.1, 0.15) is 0 Å². The molecule has 4 nitrogen and oxygen atoms in total. The number of amides is 1. The fourth-order valence-corrected chi connectivity index (χ4v) is 3.05. The van der Waals surface area contributed by atoms with Crippen molar-refractivity contribution in [2.24, 2.45) is 0 Å². The minimum atomic E-state index is -0.424. The van der Waals surface area contributed by atoms with Gasteiger partial charge in [0.25, 0.3) is 5.91 Å². The number of esters is 1. The number of aryl methyl sites for hydroxylation is 1. The molecule has 0 spiro atoms. The SMILES string of the molecule is Cc1ccccc1NC(=O)COC(=O)CSCc1ccccc1Cl. The molecule has 0 aliphatic rings. The highest BCUT2D eigenvalue weighted by Crippen LogP contribution is 2.20. The van der Waals surface area contributed by atoms with Gasteiger partial charge in [-0.3, -0.25) is 9.59 Å². The van der Waals surface area contributed by atoms with E-state index in [2.05, 4.69) is 5.32 Å². The van der Waals surface area contributed by atoms with Crippen LogP contribution in [0.25, 0.3) is 0 Å². The van der Waals surface area contributed by atoms with Crippen LogP contribution < -0.4 is 5.32 Å². The lowest BCUT2D eigenvalue weighted by molar-refractivity contribution is -0.144. The van der Waals surface area contributed by atoms with Crippen molar-refractivity contribution < 1.29 is 14.3 Å². The molecule has 0 saturated heterocycles. The Labute approximate surface area is 150 Å². The Balaban J connectivity index is 1.68. The van der Waals surface area contributed by atoms with Gasteiger partial charge in [-0.25, -0.2) is 0 Å². The predicted octanol–water partition coefficient (Wildman–Crippen LogP) is 4.06. The maximum atomic E-state index is 11.8. The van der Waals surface area contributed by atoms with E-state index in [0.29, 0.717) is 16.5 Å². The number of carbonyl (C=O) groups is 2. The van der Waals surface area contributed by atoms with E-state index in [0.717, 1.165) is 11.1 Å². The molecule has 2 aromatic carbocycles. The summed E-state index contributed by atoms with van der Waals surface area (Å²) >= 11 is 7.45. The number of nitrogens with one attached hydrogen (secondary N) is 1. The third-order valence-electron chi connectivity index (χ3n) is 3.22. The van der Waals surface area contributed by atoms with E-state index in [1.165, 1.54) is 11.8 Å². The highest BCUT2D eigenvalue weighted by molar-refractivity contribution is 7.99. The van der Waals surface area contributed by atoms with Gasteiger partial charge >= 0.3 is 5.97 Å². The molecule has 0 atom stereocenters. The molecular formula is C18H18ClNO3S. The van der Waals surface area contributed by atoms with Crippen molar-refractivity contribution in [1.29, 1.82) is 0 Å². The first-order valence-electron chi connectivity index (χ1n) is 7.38. The average molecular weight is 364 g/mol. The summed E-state index contributed by atoms with van der Waals surface area (Å²) in [6.07, 6.45) is 0. The zero-order valence-electron chi connectivity index (χ0n) is 13.3. The van der Waals surface area contributed by atoms with Gasteiger partial charge < -0.3 is 10.1 Å². The monoisotopic (exact) mass is 363 g/mol. The second kappa shape index (κ2) is 9.35. The molecule has 0 saturated carbocycles. The lowest BCUT2D eigenvalue weighted by atomic mass is 10.2. The summed E-state index contributed by atoms with van der Waals surface area (Å²) in [6.45, 7) is 1.60. The largest absolute Gasteiger partial charge is 0.455 e. The van der Waals surface area contributed by atoms with Crippen molar-refractivity contribution in [3.8, 4) is 0 Å². The molecule has 6 heteroatoms. The van der Waals surface area contributed by atoms with E-state index in [9.17, 15) is 9.59 Å². The van der Waals surface area contributed by atoms with Gasteiger partial charge in [-0.05, 0) is 30.2 Å². The summed E-state index contributed by atoms with van der Waals surface area (Å²) in [5, 5.41) is 3.39. The van der Waals surface area contributed by atoms with Gasteiger partial charge in [0.15, 0.2) is 6.61 Å². The first-order chi connectivity index (χ1) is 11.6. The second-order valence-electron chi connectivity index (χ2n) is 5.11. The van der Waals surface area contributed by atoms with Gasteiger partial charge in [0.2, 0.25) is 0 Å². The molecule has 1 amide bonds. The van der Waals surface area contributed by atoms with Gasteiger partial charge in [0, 0.05) is 16.5 Å². The first-order valence-corrected chi connectivity index (χ1v) is 8.92. The number of hydrogen-bond acceptors (Lipinski definition) is 4. The molecule has 2 aromatic rings. The second-order valence-corrected chi connectivity index (χ2v) is 6.50. The maximum Gasteiger partial charge on any atom is 0.316 e. The minimum Gasteiger partial charge on any atom is -0.455 e. The molecule has 0 bridgehead atoms. The van der Waals surface area contributed by atoms with Crippen molar-refractivity contribution in [3.05, 3.63) is 64.7 Å². The summed E-state index contributed by atoms with van der Waals surface area (Å²) in [4.78, 5) is 23.5. The van der Waals surface area contributed by atoms with E-state index in [1.54, 1.807) is 6.07 Å². The summed E-state index contributed by atoms with van der Waals surface area (Å²) in [6, 6.07) is 14.9. The smallest absolute Gasteiger partial charge is 0.316 e. The van der Waals surface area contributed by atoms with Crippen LogP contribution in [0.1, 0.15) is 11.1 Å². The molecule has 126 valence electrons. The molecule has 0 heterocycles. The lowest BCUT2D eigenvalue weighted by Gasteiger charge is -2.09. The van der Waals surface area contributed by atoms with E-state index < -0.39 is 5.97 Å². The number of ether oxygens (including phenoxy) is 1. The molecule has 1 N–H and O–H groups in total. The van der Waals surface area contributed by atoms with Crippen LogP contribution in [0.2, 0.25) is 5.02 Å². The molecule has 2 rings (SSSR count). The fraction of sp³-hybridized carbons (Fsp3) is 0.222. The Morgan fingerprint density at radius 2 is 1.83 bits per heavy atom. The summed E-state index contributed by atoms with van der Waals surface area (Å²) in [7, 11) is 0. The molecule has 24 heavy (non-hydrogen) atoms. The average Bonchev–Trinajstić information content (AvgIpc) is 2.57. The topological polar surface area (TPSA) is 55.4 Å².